The predicted molar refractivity (Wildman–Crippen MR) is 51.4 cm³/mol. The Morgan fingerprint density at radius 1 is 1.73 bits per heavy atom. The predicted octanol–water partition coefficient (Wildman–Crippen LogP) is 1.21. The van der Waals surface area contributed by atoms with Crippen LogP contribution in [0.1, 0.15) is 17.3 Å². The van der Waals surface area contributed by atoms with Crippen LogP contribution in [0, 0.1) is 17.1 Å². The zero-order valence-electron chi connectivity index (χ0n) is 8.27. The number of hydrogen-bond acceptors (Lipinski definition) is 3. The van der Waals surface area contributed by atoms with E-state index < -0.39 is 11.7 Å². The number of hydrogen-bond donors (Lipinski definition) is 0. The van der Waals surface area contributed by atoms with Gasteiger partial charge in [-0.2, -0.15) is 5.26 Å². The van der Waals surface area contributed by atoms with E-state index in [1.54, 1.807) is 6.92 Å². The molecule has 0 unspecified atom stereocenters. The number of amides is 1. The quantitative estimate of drug-likeness (QED) is 0.700. The second-order valence-electron chi connectivity index (χ2n) is 2.83. The summed E-state index contributed by atoms with van der Waals surface area (Å²) in [7, 11) is 0. The Morgan fingerprint density at radius 3 is 3.00 bits per heavy atom. The monoisotopic (exact) mass is 207 g/mol. The molecule has 1 aromatic heterocycles. The van der Waals surface area contributed by atoms with Gasteiger partial charge in [0, 0.05) is 12.7 Å². The molecule has 0 radical (unpaired) electrons. The van der Waals surface area contributed by atoms with E-state index in [1.165, 1.54) is 17.2 Å². The minimum Gasteiger partial charge on any atom is -0.326 e. The lowest BCUT2D eigenvalue weighted by molar-refractivity contribution is 0.0779. The Morgan fingerprint density at radius 2 is 2.47 bits per heavy atom. The Kier molecular flexibility index (Phi) is 3.75. The highest BCUT2D eigenvalue weighted by molar-refractivity contribution is 5.94. The molecule has 1 aromatic rings. The van der Waals surface area contributed by atoms with E-state index in [-0.39, 0.29) is 12.1 Å². The summed E-state index contributed by atoms with van der Waals surface area (Å²) >= 11 is 0. The van der Waals surface area contributed by atoms with E-state index in [9.17, 15) is 9.18 Å². The zero-order valence-corrected chi connectivity index (χ0v) is 8.27. The van der Waals surface area contributed by atoms with Crippen molar-refractivity contribution in [3.8, 4) is 6.07 Å². The molecular formula is C10H10FN3O. The summed E-state index contributed by atoms with van der Waals surface area (Å²) < 4.78 is 13.2. The van der Waals surface area contributed by atoms with Crippen molar-refractivity contribution < 1.29 is 9.18 Å². The fourth-order valence-electron chi connectivity index (χ4n) is 1.13. The van der Waals surface area contributed by atoms with Gasteiger partial charge in [-0.15, -0.1) is 0 Å². The van der Waals surface area contributed by atoms with E-state index in [0.717, 1.165) is 6.20 Å². The van der Waals surface area contributed by atoms with Crippen molar-refractivity contribution in [2.45, 2.75) is 6.92 Å². The van der Waals surface area contributed by atoms with Gasteiger partial charge in [-0.05, 0) is 13.0 Å². The maximum Gasteiger partial charge on any atom is 0.257 e. The lowest BCUT2D eigenvalue weighted by Crippen LogP contribution is -2.31. The first-order valence-corrected chi connectivity index (χ1v) is 4.46. The van der Waals surface area contributed by atoms with Crippen molar-refractivity contribution in [1.82, 2.24) is 9.88 Å². The molecule has 0 fully saturated rings. The molecule has 0 bridgehead atoms. The van der Waals surface area contributed by atoms with Crippen molar-refractivity contribution in [3.05, 3.63) is 29.8 Å². The SMILES string of the molecule is CCN(CC#N)C(=O)c1ccncc1F. The Hall–Kier alpha value is -1.96. The van der Waals surface area contributed by atoms with Crippen LogP contribution >= 0.6 is 0 Å². The fourth-order valence-corrected chi connectivity index (χ4v) is 1.13. The van der Waals surface area contributed by atoms with Crippen LogP contribution in [0.4, 0.5) is 4.39 Å². The molecule has 1 amide bonds. The minimum atomic E-state index is -0.668. The number of aromatic nitrogens is 1. The maximum atomic E-state index is 13.2. The smallest absolute Gasteiger partial charge is 0.257 e. The molecule has 0 spiro atoms. The lowest BCUT2D eigenvalue weighted by Gasteiger charge is -2.17. The molecule has 0 aromatic carbocycles. The number of rotatable bonds is 3. The van der Waals surface area contributed by atoms with Crippen molar-refractivity contribution in [2.24, 2.45) is 0 Å². The molecule has 0 aliphatic carbocycles. The molecule has 4 nitrogen and oxygen atoms in total. The number of halogens is 1. The first-order chi connectivity index (χ1) is 7.20. The van der Waals surface area contributed by atoms with Crippen LogP contribution in [0.3, 0.4) is 0 Å². The molecule has 78 valence electrons. The summed E-state index contributed by atoms with van der Waals surface area (Å²) in [4.78, 5) is 16.5. The van der Waals surface area contributed by atoms with Gasteiger partial charge < -0.3 is 4.90 Å². The highest BCUT2D eigenvalue weighted by Crippen LogP contribution is 2.08. The van der Waals surface area contributed by atoms with Crippen LogP contribution in [0.25, 0.3) is 0 Å². The third kappa shape index (κ3) is 2.50. The van der Waals surface area contributed by atoms with Gasteiger partial charge in [0.25, 0.3) is 5.91 Å². The number of nitriles is 1. The normalized spacial score (nSPS) is 9.40. The third-order valence-corrected chi connectivity index (χ3v) is 1.93. The minimum absolute atomic E-state index is 0.0445. The molecular weight excluding hydrogens is 197 g/mol. The molecule has 0 aliphatic heterocycles. The van der Waals surface area contributed by atoms with Crippen LogP contribution < -0.4 is 0 Å². The summed E-state index contributed by atoms with van der Waals surface area (Å²) in [6, 6.07) is 3.16. The highest BCUT2D eigenvalue weighted by Gasteiger charge is 2.17. The van der Waals surface area contributed by atoms with Crippen molar-refractivity contribution in [2.75, 3.05) is 13.1 Å². The van der Waals surface area contributed by atoms with Gasteiger partial charge in [0.2, 0.25) is 0 Å². The van der Waals surface area contributed by atoms with Gasteiger partial charge in [0.15, 0.2) is 5.82 Å². The summed E-state index contributed by atoms with van der Waals surface area (Å²) in [5, 5.41) is 8.48. The topological polar surface area (TPSA) is 57.0 Å². The zero-order chi connectivity index (χ0) is 11.3. The van der Waals surface area contributed by atoms with Gasteiger partial charge in [0.05, 0.1) is 17.8 Å². The Balaban J connectivity index is 2.94. The lowest BCUT2D eigenvalue weighted by atomic mass is 10.2. The second kappa shape index (κ2) is 5.05. The summed E-state index contributed by atoms with van der Waals surface area (Å²) in [6.07, 6.45) is 2.32. The number of nitrogens with zero attached hydrogens (tertiary/aromatic N) is 3. The van der Waals surface area contributed by atoms with E-state index >= 15 is 0 Å². The van der Waals surface area contributed by atoms with Crippen LogP contribution in [0.5, 0.6) is 0 Å². The van der Waals surface area contributed by atoms with Gasteiger partial charge in [-0.1, -0.05) is 0 Å². The number of carbonyl (C=O) groups excluding carboxylic acids is 1. The van der Waals surface area contributed by atoms with Crippen LogP contribution in [-0.4, -0.2) is 28.9 Å². The molecule has 1 rings (SSSR count). The molecule has 0 saturated carbocycles. The fraction of sp³-hybridized carbons (Fsp3) is 0.300. The van der Waals surface area contributed by atoms with E-state index in [4.69, 9.17) is 5.26 Å². The van der Waals surface area contributed by atoms with Crippen LogP contribution in [0.2, 0.25) is 0 Å². The Bertz CT molecular complexity index is 400. The average molecular weight is 207 g/mol. The van der Waals surface area contributed by atoms with Gasteiger partial charge in [-0.25, -0.2) is 4.39 Å². The number of pyridine rings is 1. The molecule has 1 heterocycles. The van der Waals surface area contributed by atoms with Crippen molar-refractivity contribution >= 4 is 5.91 Å². The van der Waals surface area contributed by atoms with Crippen LogP contribution in [-0.2, 0) is 0 Å². The van der Waals surface area contributed by atoms with Gasteiger partial charge in [0.1, 0.15) is 6.54 Å². The molecule has 5 heteroatoms. The molecule has 0 aliphatic rings. The molecule has 0 N–H and O–H groups in total. The third-order valence-electron chi connectivity index (χ3n) is 1.93. The summed E-state index contributed by atoms with van der Waals surface area (Å²) in [6.45, 7) is 2.06. The largest absolute Gasteiger partial charge is 0.326 e. The molecule has 15 heavy (non-hydrogen) atoms. The number of carbonyl (C=O) groups is 1. The van der Waals surface area contributed by atoms with Crippen molar-refractivity contribution in [1.29, 1.82) is 5.26 Å². The van der Waals surface area contributed by atoms with E-state index in [1.807, 2.05) is 6.07 Å². The van der Waals surface area contributed by atoms with E-state index in [0.29, 0.717) is 6.54 Å². The van der Waals surface area contributed by atoms with Gasteiger partial charge in [-0.3, -0.25) is 9.78 Å². The Labute approximate surface area is 87.0 Å². The highest BCUT2D eigenvalue weighted by atomic mass is 19.1. The maximum absolute atomic E-state index is 13.2. The van der Waals surface area contributed by atoms with E-state index in [2.05, 4.69) is 4.98 Å². The first kappa shape index (κ1) is 11.1. The molecule has 0 atom stereocenters. The molecule has 0 saturated heterocycles. The average Bonchev–Trinajstić information content (AvgIpc) is 2.25. The van der Waals surface area contributed by atoms with Crippen molar-refractivity contribution in [3.63, 3.8) is 0 Å². The first-order valence-electron chi connectivity index (χ1n) is 4.46. The standard InChI is InChI=1S/C10H10FN3O/c1-2-14(6-4-12)10(15)8-3-5-13-7-9(8)11/h3,5,7H,2,6H2,1H3. The van der Waals surface area contributed by atoms with Gasteiger partial charge >= 0.3 is 0 Å². The summed E-state index contributed by atoms with van der Waals surface area (Å²) in [5.74, 6) is -1.15. The van der Waals surface area contributed by atoms with Crippen LogP contribution in [0.15, 0.2) is 18.5 Å². The summed E-state index contributed by atoms with van der Waals surface area (Å²) in [5.41, 5.74) is -0.0536. The second-order valence-corrected chi connectivity index (χ2v) is 2.83.